The van der Waals surface area contributed by atoms with E-state index in [1.807, 2.05) is 6.07 Å². The molecule has 0 unspecified atom stereocenters. The van der Waals surface area contributed by atoms with Crippen LogP contribution in [-0.4, -0.2) is 16.5 Å². The number of nitrogens with zero attached hydrogens (tertiary/aromatic N) is 2. The first-order valence-corrected chi connectivity index (χ1v) is 7.77. The second-order valence-electron chi connectivity index (χ2n) is 4.92. The fourth-order valence-corrected chi connectivity index (χ4v) is 2.78. The average Bonchev–Trinajstić information content (AvgIpc) is 2.42. The van der Waals surface area contributed by atoms with Crippen LogP contribution < -0.4 is 5.32 Å². The zero-order valence-corrected chi connectivity index (χ0v) is 13.2. The highest BCUT2D eigenvalue weighted by Crippen LogP contribution is 2.29. The summed E-state index contributed by atoms with van der Waals surface area (Å²) in [7, 11) is 0. The summed E-state index contributed by atoms with van der Waals surface area (Å²) >= 11 is 7.88. The van der Waals surface area contributed by atoms with Crippen molar-refractivity contribution in [1.29, 1.82) is 0 Å². The summed E-state index contributed by atoms with van der Waals surface area (Å²) < 4.78 is 0. The number of nitrogens with one attached hydrogen (secondary N) is 1. The molecule has 1 aromatic heterocycles. The van der Waals surface area contributed by atoms with Crippen molar-refractivity contribution in [2.75, 3.05) is 6.54 Å². The molecule has 0 radical (unpaired) electrons. The third kappa shape index (κ3) is 4.78. The molecule has 2 aromatic rings. The number of benzene rings is 1. The SMILES string of the molecule is CC(C)CNCc1ccc(Sc2cnccn2)cc1Cl. The standard InChI is InChI=1S/C15H18ClN3S/c1-11(2)8-18-9-12-3-4-13(7-14(12)16)20-15-10-17-5-6-19-15/h3-7,10-11,18H,8-9H2,1-2H3. The van der Waals surface area contributed by atoms with E-state index in [0.717, 1.165) is 33.6 Å². The highest BCUT2D eigenvalue weighted by Gasteiger charge is 2.04. The van der Waals surface area contributed by atoms with E-state index in [0.29, 0.717) is 5.92 Å². The van der Waals surface area contributed by atoms with Gasteiger partial charge in [-0.1, -0.05) is 43.3 Å². The molecule has 0 bridgehead atoms. The fraction of sp³-hybridized carbons (Fsp3) is 0.333. The summed E-state index contributed by atoms with van der Waals surface area (Å²) in [6, 6.07) is 6.11. The van der Waals surface area contributed by atoms with Crippen LogP contribution in [0.2, 0.25) is 5.02 Å². The molecule has 0 saturated heterocycles. The van der Waals surface area contributed by atoms with Gasteiger partial charge < -0.3 is 5.32 Å². The molecule has 0 amide bonds. The molecule has 0 spiro atoms. The smallest absolute Gasteiger partial charge is 0.119 e. The van der Waals surface area contributed by atoms with Crippen LogP contribution in [0.15, 0.2) is 46.7 Å². The van der Waals surface area contributed by atoms with E-state index >= 15 is 0 Å². The Hall–Kier alpha value is -1.10. The largest absolute Gasteiger partial charge is 0.312 e. The number of halogens is 1. The number of hydrogen-bond acceptors (Lipinski definition) is 4. The van der Waals surface area contributed by atoms with Crippen LogP contribution in [-0.2, 0) is 6.54 Å². The van der Waals surface area contributed by atoms with Crippen molar-refractivity contribution < 1.29 is 0 Å². The number of aromatic nitrogens is 2. The first-order valence-electron chi connectivity index (χ1n) is 6.58. The third-order valence-electron chi connectivity index (χ3n) is 2.65. The lowest BCUT2D eigenvalue weighted by Crippen LogP contribution is -2.19. The molecule has 1 N–H and O–H groups in total. The molecule has 0 saturated carbocycles. The first kappa shape index (κ1) is 15.3. The minimum Gasteiger partial charge on any atom is -0.312 e. The highest BCUT2D eigenvalue weighted by atomic mass is 35.5. The molecule has 1 heterocycles. The van der Waals surface area contributed by atoms with Crippen molar-refractivity contribution in [3.8, 4) is 0 Å². The quantitative estimate of drug-likeness (QED) is 0.874. The van der Waals surface area contributed by atoms with Crippen LogP contribution in [0.25, 0.3) is 0 Å². The van der Waals surface area contributed by atoms with E-state index < -0.39 is 0 Å². The van der Waals surface area contributed by atoms with Crippen LogP contribution in [0.5, 0.6) is 0 Å². The van der Waals surface area contributed by atoms with Crippen molar-refractivity contribution >= 4 is 23.4 Å². The number of hydrogen-bond donors (Lipinski definition) is 1. The Bertz CT molecular complexity index is 546. The van der Waals surface area contributed by atoms with Crippen molar-refractivity contribution in [2.45, 2.75) is 30.3 Å². The second-order valence-corrected chi connectivity index (χ2v) is 6.42. The summed E-state index contributed by atoms with van der Waals surface area (Å²) in [4.78, 5) is 9.36. The minimum absolute atomic E-state index is 0.639. The van der Waals surface area contributed by atoms with Crippen LogP contribution in [0.1, 0.15) is 19.4 Å². The van der Waals surface area contributed by atoms with Crippen molar-refractivity contribution in [2.24, 2.45) is 5.92 Å². The van der Waals surface area contributed by atoms with Crippen molar-refractivity contribution in [3.05, 3.63) is 47.4 Å². The molecule has 0 aliphatic carbocycles. The maximum Gasteiger partial charge on any atom is 0.119 e. The van der Waals surface area contributed by atoms with Gasteiger partial charge in [-0.05, 0) is 30.2 Å². The minimum atomic E-state index is 0.639. The van der Waals surface area contributed by atoms with E-state index in [1.54, 1.807) is 30.4 Å². The van der Waals surface area contributed by atoms with E-state index in [4.69, 9.17) is 11.6 Å². The predicted octanol–water partition coefficient (Wildman–Crippen LogP) is 4.03. The van der Waals surface area contributed by atoms with Gasteiger partial charge in [-0.2, -0.15) is 0 Å². The Labute approximate surface area is 129 Å². The summed E-state index contributed by atoms with van der Waals surface area (Å²) in [5.74, 6) is 0.639. The molecule has 0 atom stereocenters. The zero-order valence-electron chi connectivity index (χ0n) is 11.6. The molecule has 0 aliphatic rings. The Morgan fingerprint density at radius 3 is 2.80 bits per heavy atom. The normalized spacial score (nSPS) is 11.0. The predicted molar refractivity (Wildman–Crippen MR) is 84.2 cm³/mol. The Balaban J connectivity index is 1.98. The summed E-state index contributed by atoms with van der Waals surface area (Å²) in [5.41, 5.74) is 1.12. The molecule has 2 rings (SSSR count). The van der Waals surface area contributed by atoms with E-state index in [-0.39, 0.29) is 0 Å². The molecule has 3 nitrogen and oxygen atoms in total. The molecule has 20 heavy (non-hydrogen) atoms. The van der Waals surface area contributed by atoms with Gasteiger partial charge in [0.05, 0.1) is 6.20 Å². The Kier molecular flexibility index (Phi) is 5.83. The molecule has 106 valence electrons. The van der Waals surface area contributed by atoms with Gasteiger partial charge in [-0.25, -0.2) is 4.98 Å². The first-order chi connectivity index (χ1) is 9.65. The van der Waals surface area contributed by atoms with Crippen LogP contribution in [0.4, 0.5) is 0 Å². The van der Waals surface area contributed by atoms with E-state index in [2.05, 4.69) is 41.3 Å². The van der Waals surface area contributed by atoms with Crippen LogP contribution in [0, 0.1) is 5.92 Å². The highest BCUT2D eigenvalue weighted by molar-refractivity contribution is 7.99. The third-order valence-corrected chi connectivity index (χ3v) is 3.92. The Morgan fingerprint density at radius 1 is 1.30 bits per heavy atom. The van der Waals surface area contributed by atoms with Gasteiger partial charge in [-0.15, -0.1) is 0 Å². The van der Waals surface area contributed by atoms with Gasteiger partial charge in [0.1, 0.15) is 5.03 Å². The average molecular weight is 308 g/mol. The van der Waals surface area contributed by atoms with Gasteiger partial charge in [0, 0.05) is 28.9 Å². The lowest BCUT2D eigenvalue weighted by atomic mass is 10.2. The molecular weight excluding hydrogens is 290 g/mol. The lowest BCUT2D eigenvalue weighted by molar-refractivity contribution is 0.552. The lowest BCUT2D eigenvalue weighted by Gasteiger charge is -2.10. The van der Waals surface area contributed by atoms with E-state index in [1.165, 1.54) is 0 Å². The van der Waals surface area contributed by atoms with Gasteiger partial charge in [0.25, 0.3) is 0 Å². The fourth-order valence-electron chi connectivity index (χ4n) is 1.69. The van der Waals surface area contributed by atoms with Gasteiger partial charge in [-0.3, -0.25) is 4.98 Å². The number of rotatable bonds is 6. The molecule has 5 heteroatoms. The van der Waals surface area contributed by atoms with Gasteiger partial charge in [0.2, 0.25) is 0 Å². The van der Waals surface area contributed by atoms with Crippen molar-refractivity contribution in [1.82, 2.24) is 15.3 Å². The second kappa shape index (κ2) is 7.62. The van der Waals surface area contributed by atoms with Gasteiger partial charge in [0.15, 0.2) is 0 Å². The summed E-state index contributed by atoms with van der Waals surface area (Å²) in [6.45, 7) is 6.17. The van der Waals surface area contributed by atoms with E-state index in [9.17, 15) is 0 Å². The van der Waals surface area contributed by atoms with Crippen LogP contribution in [0.3, 0.4) is 0 Å². The zero-order chi connectivity index (χ0) is 14.4. The molecule has 1 aromatic carbocycles. The van der Waals surface area contributed by atoms with Crippen LogP contribution >= 0.6 is 23.4 Å². The van der Waals surface area contributed by atoms with Gasteiger partial charge >= 0.3 is 0 Å². The maximum atomic E-state index is 6.32. The summed E-state index contributed by atoms with van der Waals surface area (Å²) in [5, 5.41) is 5.05. The maximum absolute atomic E-state index is 6.32. The molecular formula is C15H18ClN3S. The Morgan fingerprint density at radius 2 is 2.15 bits per heavy atom. The monoisotopic (exact) mass is 307 g/mol. The van der Waals surface area contributed by atoms with Crippen molar-refractivity contribution in [3.63, 3.8) is 0 Å². The molecule has 0 aliphatic heterocycles. The summed E-state index contributed by atoms with van der Waals surface area (Å²) in [6.07, 6.45) is 5.10. The topological polar surface area (TPSA) is 37.8 Å². The molecule has 0 fully saturated rings.